The predicted molar refractivity (Wildman–Crippen MR) is 65.0 cm³/mol. The van der Waals surface area contributed by atoms with E-state index in [4.69, 9.17) is 9.52 Å². The smallest absolute Gasteiger partial charge is 0.317 e. The van der Waals surface area contributed by atoms with E-state index in [2.05, 4.69) is 5.32 Å². The van der Waals surface area contributed by atoms with Gasteiger partial charge in [0.05, 0.1) is 18.7 Å². The van der Waals surface area contributed by atoms with Crippen LogP contribution in [0.4, 0.5) is 4.79 Å². The van der Waals surface area contributed by atoms with Crippen molar-refractivity contribution in [3.05, 3.63) is 24.2 Å². The highest BCUT2D eigenvalue weighted by Crippen LogP contribution is 2.04. The van der Waals surface area contributed by atoms with Crippen LogP contribution >= 0.6 is 0 Å². The van der Waals surface area contributed by atoms with Gasteiger partial charge in [0.15, 0.2) is 0 Å². The summed E-state index contributed by atoms with van der Waals surface area (Å²) in [5.41, 5.74) is 0. The van der Waals surface area contributed by atoms with Crippen molar-refractivity contribution in [2.45, 2.75) is 19.9 Å². The van der Waals surface area contributed by atoms with E-state index in [1.807, 2.05) is 0 Å². The Bertz CT molecular complexity index is 389. The van der Waals surface area contributed by atoms with Crippen molar-refractivity contribution in [2.24, 2.45) is 5.92 Å². The van der Waals surface area contributed by atoms with E-state index in [0.29, 0.717) is 18.7 Å². The molecule has 18 heavy (non-hydrogen) atoms. The number of hydrogen-bond acceptors (Lipinski definition) is 3. The van der Waals surface area contributed by atoms with Gasteiger partial charge in [0, 0.05) is 13.6 Å². The molecule has 1 aromatic heterocycles. The maximum absolute atomic E-state index is 11.7. The largest absolute Gasteiger partial charge is 0.481 e. The second kappa shape index (κ2) is 6.68. The van der Waals surface area contributed by atoms with E-state index >= 15 is 0 Å². The lowest BCUT2D eigenvalue weighted by atomic mass is 10.1. The lowest BCUT2D eigenvalue weighted by molar-refractivity contribution is -0.141. The van der Waals surface area contributed by atoms with Gasteiger partial charge in [0.2, 0.25) is 0 Å². The molecule has 1 unspecified atom stereocenters. The fourth-order valence-electron chi connectivity index (χ4n) is 1.46. The Morgan fingerprint density at radius 3 is 2.78 bits per heavy atom. The molecular weight excluding hydrogens is 236 g/mol. The van der Waals surface area contributed by atoms with Crippen LogP contribution in [-0.2, 0) is 11.3 Å². The van der Waals surface area contributed by atoms with Gasteiger partial charge in [-0.3, -0.25) is 4.79 Å². The van der Waals surface area contributed by atoms with Gasteiger partial charge in [-0.15, -0.1) is 0 Å². The average molecular weight is 254 g/mol. The Balaban J connectivity index is 2.38. The first kappa shape index (κ1) is 14.1. The highest BCUT2D eigenvalue weighted by Gasteiger charge is 2.17. The SMILES string of the molecule is CCC(CNC(=O)N(C)Cc1ccco1)C(=O)O. The monoisotopic (exact) mass is 254 g/mol. The van der Waals surface area contributed by atoms with E-state index in [-0.39, 0.29) is 12.6 Å². The molecule has 0 aliphatic rings. The maximum Gasteiger partial charge on any atom is 0.317 e. The van der Waals surface area contributed by atoms with Crippen molar-refractivity contribution in [1.29, 1.82) is 0 Å². The fourth-order valence-corrected chi connectivity index (χ4v) is 1.46. The third-order valence-corrected chi connectivity index (χ3v) is 2.66. The number of amides is 2. The zero-order chi connectivity index (χ0) is 13.5. The molecule has 0 aromatic carbocycles. The van der Waals surface area contributed by atoms with Crippen molar-refractivity contribution < 1.29 is 19.1 Å². The van der Waals surface area contributed by atoms with Gasteiger partial charge in [0.25, 0.3) is 0 Å². The molecule has 2 N–H and O–H groups in total. The number of aliphatic carboxylic acids is 1. The summed E-state index contributed by atoms with van der Waals surface area (Å²) >= 11 is 0. The van der Waals surface area contributed by atoms with Crippen LogP contribution in [0, 0.1) is 5.92 Å². The van der Waals surface area contributed by atoms with Crippen LogP contribution in [0.15, 0.2) is 22.8 Å². The zero-order valence-corrected chi connectivity index (χ0v) is 10.5. The first-order chi connectivity index (χ1) is 8.54. The van der Waals surface area contributed by atoms with Crippen LogP contribution < -0.4 is 5.32 Å². The highest BCUT2D eigenvalue weighted by atomic mass is 16.4. The summed E-state index contributed by atoms with van der Waals surface area (Å²) in [4.78, 5) is 23.9. The Labute approximate surface area is 106 Å². The molecule has 6 nitrogen and oxygen atoms in total. The topological polar surface area (TPSA) is 82.8 Å². The molecule has 0 fully saturated rings. The molecule has 1 heterocycles. The Morgan fingerprint density at radius 2 is 2.28 bits per heavy atom. The number of carbonyl (C=O) groups excluding carboxylic acids is 1. The van der Waals surface area contributed by atoms with E-state index in [0.717, 1.165) is 0 Å². The van der Waals surface area contributed by atoms with Gasteiger partial charge in [-0.25, -0.2) is 4.79 Å². The molecule has 0 saturated carbocycles. The van der Waals surface area contributed by atoms with Crippen LogP contribution in [0.2, 0.25) is 0 Å². The van der Waals surface area contributed by atoms with Crippen molar-refractivity contribution >= 4 is 12.0 Å². The summed E-state index contributed by atoms with van der Waals surface area (Å²) in [6, 6.07) is 3.21. The summed E-state index contributed by atoms with van der Waals surface area (Å²) in [6.07, 6.45) is 2.02. The van der Waals surface area contributed by atoms with Crippen molar-refractivity contribution in [2.75, 3.05) is 13.6 Å². The number of rotatable bonds is 6. The summed E-state index contributed by atoms with van der Waals surface area (Å²) in [7, 11) is 1.62. The first-order valence-corrected chi connectivity index (χ1v) is 5.78. The first-order valence-electron chi connectivity index (χ1n) is 5.78. The van der Waals surface area contributed by atoms with Crippen molar-refractivity contribution in [3.63, 3.8) is 0 Å². The summed E-state index contributed by atoms with van der Waals surface area (Å²) in [6.45, 7) is 2.26. The minimum absolute atomic E-state index is 0.132. The number of furan rings is 1. The minimum Gasteiger partial charge on any atom is -0.481 e. The molecule has 1 rings (SSSR count). The highest BCUT2D eigenvalue weighted by molar-refractivity contribution is 5.75. The Morgan fingerprint density at radius 1 is 1.56 bits per heavy atom. The van der Waals surface area contributed by atoms with Crippen LogP contribution in [0.3, 0.4) is 0 Å². The number of carboxylic acid groups (broad SMARTS) is 1. The lowest BCUT2D eigenvalue weighted by Gasteiger charge is -2.18. The molecule has 0 bridgehead atoms. The third kappa shape index (κ3) is 4.12. The van der Waals surface area contributed by atoms with E-state index in [9.17, 15) is 9.59 Å². The summed E-state index contributed by atoms with van der Waals surface area (Å²) < 4.78 is 5.12. The Kier molecular flexibility index (Phi) is 5.23. The van der Waals surface area contributed by atoms with Crippen LogP contribution in [0.25, 0.3) is 0 Å². The van der Waals surface area contributed by atoms with Gasteiger partial charge in [-0.05, 0) is 18.6 Å². The van der Waals surface area contributed by atoms with Crippen LogP contribution in [0.1, 0.15) is 19.1 Å². The summed E-state index contributed by atoms with van der Waals surface area (Å²) in [5.74, 6) is -0.768. The molecule has 1 aromatic rings. The van der Waals surface area contributed by atoms with E-state index in [1.54, 1.807) is 32.4 Å². The van der Waals surface area contributed by atoms with E-state index in [1.165, 1.54) is 4.90 Å². The number of carboxylic acids is 1. The quantitative estimate of drug-likeness (QED) is 0.806. The third-order valence-electron chi connectivity index (χ3n) is 2.66. The van der Waals surface area contributed by atoms with E-state index < -0.39 is 11.9 Å². The molecule has 6 heteroatoms. The molecule has 0 aliphatic carbocycles. The second-order valence-corrected chi connectivity index (χ2v) is 4.06. The molecule has 100 valence electrons. The lowest BCUT2D eigenvalue weighted by Crippen LogP contribution is -2.40. The predicted octanol–water partition coefficient (Wildman–Crippen LogP) is 1.53. The van der Waals surface area contributed by atoms with Crippen molar-refractivity contribution in [3.8, 4) is 0 Å². The molecule has 0 radical (unpaired) electrons. The van der Waals surface area contributed by atoms with Gasteiger partial charge in [-0.1, -0.05) is 6.92 Å². The maximum atomic E-state index is 11.7. The molecule has 0 saturated heterocycles. The standard InChI is InChI=1S/C12H18N2O4/c1-3-9(11(15)16)7-13-12(17)14(2)8-10-5-4-6-18-10/h4-6,9H,3,7-8H2,1-2H3,(H,13,17)(H,15,16). The number of urea groups is 1. The number of nitrogens with zero attached hydrogens (tertiary/aromatic N) is 1. The van der Waals surface area contributed by atoms with Gasteiger partial charge >= 0.3 is 12.0 Å². The number of carbonyl (C=O) groups is 2. The number of hydrogen-bond donors (Lipinski definition) is 2. The molecule has 1 atom stereocenters. The fraction of sp³-hybridized carbons (Fsp3) is 0.500. The second-order valence-electron chi connectivity index (χ2n) is 4.06. The van der Waals surface area contributed by atoms with Crippen LogP contribution in [-0.4, -0.2) is 35.6 Å². The normalized spacial score (nSPS) is 11.9. The molecule has 0 spiro atoms. The molecule has 0 aliphatic heterocycles. The number of nitrogens with one attached hydrogen (secondary N) is 1. The zero-order valence-electron chi connectivity index (χ0n) is 10.5. The average Bonchev–Trinajstić information content (AvgIpc) is 2.81. The molecular formula is C12H18N2O4. The van der Waals surface area contributed by atoms with Crippen LogP contribution in [0.5, 0.6) is 0 Å². The minimum atomic E-state index is -0.897. The Hall–Kier alpha value is -1.98. The van der Waals surface area contributed by atoms with Gasteiger partial charge in [0.1, 0.15) is 5.76 Å². The van der Waals surface area contributed by atoms with Gasteiger partial charge in [-0.2, -0.15) is 0 Å². The molecule has 2 amide bonds. The summed E-state index contributed by atoms with van der Waals surface area (Å²) in [5, 5.41) is 11.4. The van der Waals surface area contributed by atoms with Gasteiger partial charge < -0.3 is 19.7 Å². The van der Waals surface area contributed by atoms with Crippen molar-refractivity contribution in [1.82, 2.24) is 10.2 Å².